The first-order valence-corrected chi connectivity index (χ1v) is 12.3. The van der Waals surface area contributed by atoms with E-state index in [4.69, 9.17) is 27.9 Å². The van der Waals surface area contributed by atoms with Gasteiger partial charge in [0.15, 0.2) is 0 Å². The molecule has 32 heavy (non-hydrogen) atoms. The standard InChI is InChI=1S/C19H14Cl2F2N2O5S2/c1-30-16-9-8-11(31(26,27)24-14-6-2-4-12(22)18(14)20)10-17(16)32(28,29)25-15-7-3-5-13(23)19(15)21/h2-10,24-25H,1H3. The van der Waals surface area contributed by atoms with Crippen molar-refractivity contribution in [2.75, 3.05) is 16.6 Å². The Morgan fingerprint density at radius 2 is 1.28 bits per heavy atom. The number of rotatable bonds is 7. The highest BCUT2D eigenvalue weighted by atomic mass is 35.5. The van der Waals surface area contributed by atoms with E-state index in [1.165, 1.54) is 31.4 Å². The Morgan fingerprint density at radius 1 is 0.781 bits per heavy atom. The van der Waals surface area contributed by atoms with Gasteiger partial charge in [0.25, 0.3) is 20.0 Å². The van der Waals surface area contributed by atoms with Gasteiger partial charge in [-0.1, -0.05) is 35.3 Å². The monoisotopic (exact) mass is 522 g/mol. The van der Waals surface area contributed by atoms with E-state index >= 15 is 0 Å². The molecule has 0 bridgehead atoms. The molecule has 0 saturated carbocycles. The van der Waals surface area contributed by atoms with Gasteiger partial charge in [0.05, 0.1) is 23.4 Å². The lowest BCUT2D eigenvalue weighted by atomic mass is 10.3. The Kier molecular flexibility index (Phi) is 6.84. The summed E-state index contributed by atoms with van der Waals surface area (Å²) in [5, 5.41) is -0.930. The second-order valence-electron chi connectivity index (χ2n) is 6.23. The number of hydrogen-bond acceptors (Lipinski definition) is 5. The van der Waals surface area contributed by atoms with Gasteiger partial charge in [-0.2, -0.15) is 0 Å². The summed E-state index contributed by atoms with van der Waals surface area (Å²) in [6.45, 7) is 0. The Balaban J connectivity index is 2.04. The predicted octanol–water partition coefficient (Wildman–Crippen LogP) is 4.88. The smallest absolute Gasteiger partial charge is 0.265 e. The minimum Gasteiger partial charge on any atom is -0.495 e. The van der Waals surface area contributed by atoms with Crippen LogP contribution in [0.25, 0.3) is 0 Å². The molecule has 0 spiro atoms. The van der Waals surface area contributed by atoms with Gasteiger partial charge in [0.1, 0.15) is 32.3 Å². The molecule has 0 radical (unpaired) electrons. The van der Waals surface area contributed by atoms with E-state index in [2.05, 4.69) is 9.44 Å². The van der Waals surface area contributed by atoms with Crippen molar-refractivity contribution in [3.8, 4) is 5.75 Å². The van der Waals surface area contributed by atoms with E-state index in [9.17, 15) is 25.6 Å². The first kappa shape index (κ1) is 24.1. The van der Waals surface area contributed by atoms with Gasteiger partial charge in [-0.25, -0.2) is 25.6 Å². The van der Waals surface area contributed by atoms with Crippen LogP contribution in [0.3, 0.4) is 0 Å². The van der Waals surface area contributed by atoms with Crippen LogP contribution in [0.5, 0.6) is 5.75 Å². The Bertz CT molecular complexity index is 1400. The molecule has 0 aliphatic rings. The lowest BCUT2D eigenvalue weighted by molar-refractivity contribution is 0.402. The topological polar surface area (TPSA) is 102 Å². The highest BCUT2D eigenvalue weighted by Gasteiger charge is 2.26. The number of halogens is 4. The summed E-state index contributed by atoms with van der Waals surface area (Å²) >= 11 is 11.6. The van der Waals surface area contributed by atoms with E-state index in [1.807, 2.05) is 0 Å². The molecule has 0 saturated heterocycles. The number of ether oxygens (including phenoxy) is 1. The minimum absolute atomic E-state index is 0.187. The van der Waals surface area contributed by atoms with Crippen LogP contribution in [0.15, 0.2) is 64.4 Å². The van der Waals surface area contributed by atoms with E-state index in [-0.39, 0.29) is 17.1 Å². The molecule has 0 atom stereocenters. The lowest BCUT2D eigenvalue weighted by Gasteiger charge is -2.15. The van der Waals surface area contributed by atoms with Crippen LogP contribution in [-0.2, 0) is 20.0 Å². The molecule has 0 heterocycles. The summed E-state index contributed by atoms with van der Waals surface area (Å²) in [6.07, 6.45) is 0. The summed E-state index contributed by atoms with van der Waals surface area (Å²) in [7, 11) is -7.67. The maximum atomic E-state index is 13.7. The third kappa shape index (κ3) is 4.90. The second-order valence-corrected chi connectivity index (χ2v) is 10.3. The summed E-state index contributed by atoms with van der Waals surface area (Å²) < 4.78 is 87.9. The van der Waals surface area contributed by atoms with Crippen LogP contribution in [0.1, 0.15) is 0 Å². The van der Waals surface area contributed by atoms with Gasteiger partial charge in [-0.05, 0) is 42.5 Å². The van der Waals surface area contributed by atoms with Crippen LogP contribution in [0.4, 0.5) is 20.2 Å². The first-order valence-electron chi connectivity index (χ1n) is 8.58. The minimum atomic E-state index is -4.47. The molecule has 3 rings (SSSR count). The van der Waals surface area contributed by atoms with Crippen molar-refractivity contribution in [3.63, 3.8) is 0 Å². The quantitative estimate of drug-likeness (QED) is 0.460. The van der Waals surface area contributed by atoms with Crippen molar-refractivity contribution < 1.29 is 30.4 Å². The average Bonchev–Trinajstić information content (AvgIpc) is 2.74. The highest BCUT2D eigenvalue weighted by molar-refractivity contribution is 7.93. The Labute approximate surface area is 193 Å². The van der Waals surface area contributed by atoms with Crippen LogP contribution in [0, 0.1) is 11.6 Å². The molecular weight excluding hydrogens is 509 g/mol. The fourth-order valence-corrected chi connectivity index (χ4v) is 5.50. The van der Waals surface area contributed by atoms with Gasteiger partial charge in [0.2, 0.25) is 0 Å². The van der Waals surface area contributed by atoms with Crippen LogP contribution >= 0.6 is 23.2 Å². The van der Waals surface area contributed by atoms with Crippen molar-refractivity contribution in [1.82, 2.24) is 0 Å². The number of sulfonamides is 2. The number of methoxy groups -OCH3 is 1. The molecule has 0 aromatic heterocycles. The molecule has 0 amide bonds. The molecular formula is C19H14Cl2F2N2O5S2. The summed E-state index contributed by atoms with van der Waals surface area (Å²) in [4.78, 5) is -1.04. The fourth-order valence-electron chi connectivity index (χ4n) is 2.60. The average molecular weight is 523 g/mol. The third-order valence-electron chi connectivity index (χ3n) is 4.13. The summed E-state index contributed by atoms with van der Waals surface area (Å²) in [6, 6.07) is 10.1. The summed E-state index contributed by atoms with van der Waals surface area (Å²) in [5.41, 5.74) is -0.497. The number of nitrogens with one attached hydrogen (secondary N) is 2. The molecule has 3 aromatic carbocycles. The maximum Gasteiger partial charge on any atom is 0.265 e. The SMILES string of the molecule is COc1ccc(S(=O)(=O)Nc2cccc(F)c2Cl)cc1S(=O)(=O)Nc1cccc(F)c1Cl. The van der Waals surface area contributed by atoms with Crippen LogP contribution in [0.2, 0.25) is 10.0 Å². The van der Waals surface area contributed by atoms with Crippen molar-refractivity contribution in [2.24, 2.45) is 0 Å². The lowest BCUT2D eigenvalue weighted by Crippen LogP contribution is -2.17. The van der Waals surface area contributed by atoms with E-state index in [0.717, 1.165) is 30.3 Å². The van der Waals surface area contributed by atoms with Gasteiger partial charge in [-0.15, -0.1) is 0 Å². The largest absolute Gasteiger partial charge is 0.495 e. The van der Waals surface area contributed by atoms with Gasteiger partial charge in [-0.3, -0.25) is 9.44 Å². The summed E-state index contributed by atoms with van der Waals surface area (Å²) in [5.74, 6) is -1.89. The first-order chi connectivity index (χ1) is 15.0. The van der Waals surface area contributed by atoms with Crippen molar-refractivity contribution in [3.05, 3.63) is 76.3 Å². The predicted molar refractivity (Wildman–Crippen MR) is 117 cm³/mol. The molecule has 0 aliphatic carbocycles. The Morgan fingerprint density at radius 3 is 1.78 bits per heavy atom. The van der Waals surface area contributed by atoms with E-state index in [1.54, 1.807) is 0 Å². The number of anilines is 2. The van der Waals surface area contributed by atoms with Crippen LogP contribution in [-0.4, -0.2) is 23.9 Å². The molecule has 2 N–H and O–H groups in total. The zero-order chi connectivity index (χ0) is 23.7. The molecule has 0 unspecified atom stereocenters. The molecule has 0 aliphatic heterocycles. The number of benzene rings is 3. The van der Waals surface area contributed by atoms with Crippen molar-refractivity contribution in [1.29, 1.82) is 0 Å². The van der Waals surface area contributed by atoms with E-state index in [0.29, 0.717) is 0 Å². The fraction of sp³-hybridized carbons (Fsp3) is 0.0526. The van der Waals surface area contributed by atoms with Crippen molar-refractivity contribution in [2.45, 2.75) is 9.79 Å². The number of hydrogen-bond donors (Lipinski definition) is 2. The zero-order valence-corrected chi connectivity index (χ0v) is 19.2. The van der Waals surface area contributed by atoms with E-state index < -0.39 is 51.5 Å². The second kappa shape index (κ2) is 9.10. The molecule has 170 valence electrons. The maximum absolute atomic E-state index is 13.7. The normalized spacial score (nSPS) is 11.8. The molecule has 0 fully saturated rings. The molecule has 13 heteroatoms. The van der Waals surface area contributed by atoms with Gasteiger partial charge >= 0.3 is 0 Å². The highest BCUT2D eigenvalue weighted by Crippen LogP contribution is 2.33. The van der Waals surface area contributed by atoms with Gasteiger partial charge < -0.3 is 4.74 Å². The van der Waals surface area contributed by atoms with Crippen LogP contribution < -0.4 is 14.2 Å². The Hall–Kier alpha value is -2.60. The molecule has 7 nitrogen and oxygen atoms in total. The third-order valence-corrected chi connectivity index (χ3v) is 7.64. The zero-order valence-electron chi connectivity index (χ0n) is 16.1. The van der Waals surface area contributed by atoms with Gasteiger partial charge in [0, 0.05) is 0 Å². The van der Waals surface area contributed by atoms with Crippen molar-refractivity contribution >= 4 is 54.6 Å². The molecule has 3 aromatic rings.